The van der Waals surface area contributed by atoms with Crippen molar-refractivity contribution in [2.45, 2.75) is 35.8 Å². The lowest BCUT2D eigenvalue weighted by atomic mass is 10.2. The van der Waals surface area contributed by atoms with Crippen molar-refractivity contribution >= 4 is 23.4 Å². The standard InChI is InChI=1S/C13H13ClF2N2OS/c1-12(2,3)20-9-6-4-5-8(7-9)10-17-11(19-18-10)13(14,15)16/h4-7H,1-3H3. The number of alkyl halides is 3. The van der Waals surface area contributed by atoms with Gasteiger partial charge in [0.25, 0.3) is 0 Å². The molecule has 0 N–H and O–H groups in total. The van der Waals surface area contributed by atoms with E-state index in [1.165, 1.54) is 0 Å². The van der Waals surface area contributed by atoms with Crippen LogP contribution in [0, 0.1) is 0 Å². The molecule has 2 rings (SSSR count). The molecule has 2 aromatic rings. The second kappa shape index (κ2) is 5.33. The first-order valence-electron chi connectivity index (χ1n) is 5.85. The lowest BCUT2D eigenvalue weighted by Gasteiger charge is -2.17. The van der Waals surface area contributed by atoms with Gasteiger partial charge >= 0.3 is 11.3 Å². The highest BCUT2D eigenvalue weighted by Crippen LogP contribution is 2.35. The summed E-state index contributed by atoms with van der Waals surface area (Å²) in [6.07, 6.45) is 0. The van der Waals surface area contributed by atoms with Crippen LogP contribution in [0.4, 0.5) is 8.78 Å². The minimum Gasteiger partial charge on any atom is -0.331 e. The summed E-state index contributed by atoms with van der Waals surface area (Å²) >= 11 is 6.51. The molecule has 0 saturated heterocycles. The van der Waals surface area contributed by atoms with Gasteiger partial charge in [-0.25, -0.2) is 0 Å². The van der Waals surface area contributed by atoms with Crippen molar-refractivity contribution in [3.8, 4) is 11.4 Å². The highest BCUT2D eigenvalue weighted by atomic mass is 35.5. The second-order valence-electron chi connectivity index (χ2n) is 5.16. The maximum Gasteiger partial charge on any atom is 0.400 e. The number of halogens is 3. The maximum atomic E-state index is 12.9. The van der Waals surface area contributed by atoms with E-state index in [4.69, 9.17) is 11.6 Å². The normalized spacial score (nSPS) is 12.7. The minimum absolute atomic E-state index is 0.0458. The molecule has 0 aliphatic rings. The predicted molar refractivity (Wildman–Crippen MR) is 75.1 cm³/mol. The minimum atomic E-state index is -3.65. The number of nitrogens with zero attached hydrogens (tertiary/aromatic N) is 2. The van der Waals surface area contributed by atoms with Crippen LogP contribution < -0.4 is 0 Å². The third kappa shape index (κ3) is 3.93. The zero-order valence-corrected chi connectivity index (χ0v) is 12.7. The average molecular weight is 319 g/mol. The van der Waals surface area contributed by atoms with Gasteiger partial charge in [-0.3, -0.25) is 0 Å². The molecule has 7 heteroatoms. The molecule has 20 heavy (non-hydrogen) atoms. The van der Waals surface area contributed by atoms with E-state index in [0.717, 1.165) is 4.90 Å². The summed E-state index contributed by atoms with van der Waals surface area (Å²) in [5.74, 6) is -0.806. The number of hydrogen-bond acceptors (Lipinski definition) is 4. The molecule has 1 aromatic heterocycles. The molecule has 1 heterocycles. The fraction of sp³-hybridized carbons (Fsp3) is 0.385. The molecule has 0 fully saturated rings. The summed E-state index contributed by atoms with van der Waals surface area (Å²) in [4.78, 5) is 4.62. The van der Waals surface area contributed by atoms with Crippen LogP contribution in [0.3, 0.4) is 0 Å². The molecular weight excluding hydrogens is 306 g/mol. The Morgan fingerprint density at radius 1 is 1.25 bits per heavy atom. The molecule has 1 aromatic carbocycles. The molecule has 0 amide bonds. The largest absolute Gasteiger partial charge is 0.400 e. The van der Waals surface area contributed by atoms with Crippen molar-refractivity contribution in [1.82, 2.24) is 10.1 Å². The Hall–Kier alpha value is -1.14. The zero-order valence-electron chi connectivity index (χ0n) is 11.2. The van der Waals surface area contributed by atoms with Crippen LogP contribution in [0.2, 0.25) is 0 Å². The predicted octanol–water partition coefficient (Wildman–Crippen LogP) is 4.92. The first kappa shape index (κ1) is 15.3. The summed E-state index contributed by atoms with van der Waals surface area (Å²) in [5, 5.41) is -0.119. The van der Waals surface area contributed by atoms with Crippen LogP contribution in [0.15, 0.2) is 33.7 Å². The van der Waals surface area contributed by atoms with Crippen LogP contribution in [0.25, 0.3) is 11.4 Å². The van der Waals surface area contributed by atoms with E-state index in [1.54, 1.807) is 17.8 Å². The Kier molecular flexibility index (Phi) is 4.07. The van der Waals surface area contributed by atoms with Crippen molar-refractivity contribution in [1.29, 1.82) is 0 Å². The van der Waals surface area contributed by atoms with Crippen molar-refractivity contribution in [3.63, 3.8) is 0 Å². The second-order valence-corrected chi connectivity index (χ2v) is 7.54. The number of hydrogen-bond donors (Lipinski definition) is 0. The number of benzene rings is 1. The number of rotatable bonds is 3. The molecular formula is C13H13ClF2N2OS. The van der Waals surface area contributed by atoms with Crippen LogP contribution in [-0.4, -0.2) is 14.9 Å². The molecule has 0 saturated carbocycles. The number of aromatic nitrogens is 2. The Balaban J connectivity index is 2.29. The Labute approximate surface area is 124 Å². The quantitative estimate of drug-likeness (QED) is 0.595. The van der Waals surface area contributed by atoms with Gasteiger partial charge in [-0.1, -0.05) is 38.1 Å². The van der Waals surface area contributed by atoms with Crippen LogP contribution in [-0.2, 0) is 5.38 Å². The molecule has 0 radical (unpaired) electrons. The van der Waals surface area contributed by atoms with Gasteiger partial charge in [0.1, 0.15) is 0 Å². The third-order valence-corrected chi connectivity index (χ3v) is 3.45. The van der Waals surface area contributed by atoms with E-state index in [2.05, 4.69) is 35.4 Å². The Bertz CT molecular complexity index is 605. The van der Waals surface area contributed by atoms with E-state index in [0.29, 0.717) is 5.56 Å². The van der Waals surface area contributed by atoms with Gasteiger partial charge in [-0.15, -0.1) is 11.8 Å². The van der Waals surface area contributed by atoms with Crippen LogP contribution in [0.1, 0.15) is 26.7 Å². The van der Waals surface area contributed by atoms with E-state index in [-0.39, 0.29) is 10.6 Å². The highest BCUT2D eigenvalue weighted by molar-refractivity contribution is 8.00. The Morgan fingerprint density at radius 2 is 1.95 bits per heavy atom. The number of thioether (sulfide) groups is 1. The summed E-state index contributed by atoms with van der Waals surface area (Å²) in [7, 11) is 0. The first-order valence-corrected chi connectivity index (χ1v) is 7.05. The van der Waals surface area contributed by atoms with E-state index < -0.39 is 11.3 Å². The smallest absolute Gasteiger partial charge is 0.331 e. The van der Waals surface area contributed by atoms with Gasteiger partial charge in [0.2, 0.25) is 5.82 Å². The molecule has 0 aliphatic carbocycles. The summed E-state index contributed by atoms with van der Waals surface area (Å²) in [6.45, 7) is 6.26. The van der Waals surface area contributed by atoms with Crippen molar-refractivity contribution < 1.29 is 13.3 Å². The molecule has 0 unspecified atom stereocenters. The van der Waals surface area contributed by atoms with Gasteiger partial charge in [-0.2, -0.15) is 13.8 Å². The summed E-state index contributed by atoms with van der Waals surface area (Å²) < 4.78 is 30.2. The highest BCUT2D eigenvalue weighted by Gasteiger charge is 2.35. The SMILES string of the molecule is CC(C)(C)Sc1cccc(-c2noc(C(F)(F)Cl)n2)c1. The van der Waals surface area contributed by atoms with Crippen LogP contribution >= 0.6 is 23.4 Å². The van der Waals surface area contributed by atoms with E-state index in [9.17, 15) is 8.78 Å². The fourth-order valence-corrected chi connectivity index (χ4v) is 2.62. The molecule has 0 aliphatic heterocycles. The van der Waals surface area contributed by atoms with Crippen molar-refractivity contribution in [2.24, 2.45) is 0 Å². The summed E-state index contributed by atoms with van der Waals surface area (Å²) in [5.41, 5.74) is 0.607. The molecule has 0 atom stereocenters. The van der Waals surface area contributed by atoms with Gasteiger partial charge in [-0.05, 0) is 23.7 Å². The zero-order chi connectivity index (χ0) is 15.0. The van der Waals surface area contributed by atoms with E-state index >= 15 is 0 Å². The average Bonchev–Trinajstić information content (AvgIpc) is 2.75. The lowest BCUT2D eigenvalue weighted by Crippen LogP contribution is -2.06. The summed E-state index contributed by atoms with van der Waals surface area (Å²) in [6, 6.07) is 7.32. The maximum absolute atomic E-state index is 12.9. The molecule has 108 valence electrons. The first-order chi connectivity index (χ1) is 9.15. The Morgan fingerprint density at radius 3 is 2.50 bits per heavy atom. The van der Waals surface area contributed by atoms with Crippen molar-refractivity contribution in [3.05, 3.63) is 30.2 Å². The van der Waals surface area contributed by atoms with Crippen molar-refractivity contribution in [2.75, 3.05) is 0 Å². The monoisotopic (exact) mass is 318 g/mol. The topological polar surface area (TPSA) is 38.9 Å². The molecule has 0 bridgehead atoms. The van der Waals surface area contributed by atoms with Gasteiger partial charge < -0.3 is 4.52 Å². The molecule has 0 spiro atoms. The van der Waals surface area contributed by atoms with E-state index in [1.807, 2.05) is 18.2 Å². The fourth-order valence-electron chi connectivity index (χ4n) is 1.51. The van der Waals surface area contributed by atoms with Crippen LogP contribution in [0.5, 0.6) is 0 Å². The third-order valence-electron chi connectivity index (χ3n) is 2.18. The molecule has 3 nitrogen and oxygen atoms in total. The van der Waals surface area contributed by atoms with Gasteiger partial charge in [0, 0.05) is 15.2 Å². The lowest BCUT2D eigenvalue weighted by molar-refractivity contribution is 0.0551. The van der Waals surface area contributed by atoms with Gasteiger partial charge in [0.15, 0.2) is 0 Å². The van der Waals surface area contributed by atoms with Gasteiger partial charge in [0.05, 0.1) is 0 Å².